The molecule has 1 fully saturated rings. The van der Waals surface area contributed by atoms with Crippen molar-refractivity contribution in [1.82, 2.24) is 5.06 Å². The van der Waals surface area contributed by atoms with Crippen LogP contribution in [0.2, 0.25) is 0 Å². The van der Waals surface area contributed by atoms with E-state index in [1.165, 1.54) is 0 Å². The summed E-state index contributed by atoms with van der Waals surface area (Å²) < 4.78 is 20.9. The van der Waals surface area contributed by atoms with Crippen molar-refractivity contribution in [2.45, 2.75) is 51.3 Å². The number of esters is 1. The number of ether oxygens (including phenoxy) is 4. The molecule has 1 atom stereocenters. The van der Waals surface area contributed by atoms with Gasteiger partial charge in [-0.25, -0.2) is 0 Å². The third-order valence-electron chi connectivity index (χ3n) is 3.84. The van der Waals surface area contributed by atoms with E-state index in [0.717, 1.165) is 5.06 Å². The van der Waals surface area contributed by atoms with E-state index in [4.69, 9.17) is 24.1 Å². The predicted molar refractivity (Wildman–Crippen MR) is 84.5 cm³/mol. The van der Waals surface area contributed by atoms with E-state index in [0.29, 0.717) is 45.9 Å². The topological polar surface area (TPSA) is 97.4 Å². The first-order valence-electron chi connectivity index (χ1n) is 8.35. The van der Waals surface area contributed by atoms with Gasteiger partial charge in [-0.05, 0) is 33.6 Å². The zero-order valence-corrected chi connectivity index (χ0v) is 14.9. The van der Waals surface area contributed by atoms with Crippen molar-refractivity contribution in [3.05, 3.63) is 0 Å². The van der Waals surface area contributed by atoms with Crippen LogP contribution in [0.3, 0.4) is 0 Å². The molecule has 1 unspecified atom stereocenters. The van der Waals surface area contributed by atoms with Crippen LogP contribution in [-0.4, -0.2) is 73.7 Å². The summed E-state index contributed by atoms with van der Waals surface area (Å²) in [7, 11) is 0. The van der Waals surface area contributed by atoms with E-state index >= 15 is 0 Å². The number of hydrogen-bond acceptors (Lipinski definition) is 7. The van der Waals surface area contributed by atoms with Crippen LogP contribution in [0, 0.1) is 0 Å². The second-order valence-electron chi connectivity index (χ2n) is 6.59. The smallest absolute Gasteiger partial charge is 0.305 e. The lowest BCUT2D eigenvalue weighted by Crippen LogP contribution is -2.47. The van der Waals surface area contributed by atoms with E-state index in [1.807, 2.05) is 13.8 Å². The quantitative estimate of drug-likeness (QED) is 0.413. The molecule has 0 bridgehead atoms. The summed E-state index contributed by atoms with van der Waals surface area (Å²) in [6, 6.07) is 0. The second kappa shape index (κ2) is 10.3. The highest BCUT2D eigenvalue weighted by Crippen LogP contribution is 2.36. The monoisotopic (exact) mass is 348 g/mol. The van der Waals surface area contributed by atoms with Crippen LogP contribution < -0.4 is 0 Å². The number of carbonyl (C=O) groups is 1. The average Bonchev–Trinajstić information content (AvgIpc) is 2.74. The highest BCUT2D eigenvalue weighted by Gasteiger charge is 2.49. The van der Waals surface area contributed by atoms with Crippen molar-refractivity contribution in [2.24, 2.45) is 0 Å². The number of aliphatic hydroxyl groups is 1. The molecular formula is C16H30NO7. The molecular weight excluding hydrogens is 318 g/mol. The van der Waals surface area contributed by atoms with Gasteiger partial charge in [0.1, 0.15) is 12.3 Å². The van der Waals surface area contributed by atoms with Gasteiger partial charge in [-0.15, -0.1) is 10.3 Å². The van der Waals surface area contributed by atoms with Gasteiger partial charge in [0.15, 0.2) is 0 Å². The molecule has 8 heteroatoms. The minimum absolute atomic E-state index is 0.0106. The van der Waals surface area contributed by atoms with E-state index in [-0.39, 0.29) is 25.6 Å². The van der Waals surface area contributed by atoms with Gasteiger partial charge in [-0.2, -0.15) is 0 Å². The van der Waals surface area contributed by atoms with E-state index in [1.54, 1.807) is 6.92 Å². The van der Waals surface area contributed by atoms with Gasteiger partial charge in [-0.1, -0.05) is 0 Å². The summed E-state index contributed by atoms with van der Waals surface area (Å²) in [6.07, 6.45) is 1.25. The number of carbonyl (C=O) groups excluding carboxylic acids is 1. The molecule has 0 aromatic rings. The molecule has 1 N–H and O–H groups in total. The highest BCUT2D eigenvalue weighted by atomic mass is 16.6. The zero-order valence-electron chi connectivity index (χ0n) is 14.9. The van der Waals surface area contributed by atoms with Gasteiger partial charge in [0.05, 0.1) is 45.2 Å². The number of nitrogens with zero attached hydrogens (tertiary/aromatic N) is 1. The molecule has 0 spiro atoms. The van der Waals surface area contributed by atoms with E-state index < -0.39 is 11.3 Å². The second-order valence-corrected chi connectivity index (χ2v) is 6.59. The predicted octanol–water partition coefficient (Wildman–Crippen LogP) is 0.898. The third-order valence-corrected chi connectivity index (χ3v) is 3.84. The van der Waals surface area contributed by atoms with Crippen molar-refractivity contribution in [1.29, 1.82) is 0 Å². The van der Waals surface area contributed by atoms with Crippen molar-refractivity contribution in [2.75, 3.05) is 46.2 Å². The van der Waals surface area contributed by atoms with Gasteiger partial charge in [-0.3, -0.25) is 4.79 Å². The van der Waals surface area contributed by atoms with Crippen LogP contribution in [0.25, 0.3) is 0 Å². The number of rotatable bonds is 12. The summed E-state index contributed by atoms with van der Waals surface area (Å²) in [6.45, 7) is 7.39. The Hall–Kier alpha value is -0.770. The molecule has 0 amide bonds. The molecule has 0 saturated carbocycles. The van der Waals surface area contributed by atoms with Crippen LogP contribution in [0.4, 0.5) is 0 Å². The van der Waals surface area contributed by atoms with Crippen molar-refractivity contribution in [3.63, 3.8) is 0 Å². The molecule has 0 aromatic heterocycles. The molecule has 24 heavy (non-hydrogen) atoms. The van der Waals surface area contributed by atoms with Gasteiger partial charge in [0.25, 0.3) is 0 Å². The number of aliphatic hydroxyl groups excluding tert-OH is 1. The Morgan fingerprint density at radius 2 is 1.75 bits per heavy atom. The van der Waals surface area contributed by atoms with Gasteiger partial charge >= 0.3 is 5.97 Å². The van der Waals surface area contributed by atoms with Crippen LogP contribution in [0.15, 0.2) is 0 Å². The standard InChI is InChI=1S/C16H30NO7/c1-15(2)13-24-16(3,17(15)20)6-4-5-14(19)23-12-11-22-10-9-21-8-7-18/h18H,4-13H2,1-3H3. The fourth-order valence-electron chi connectivity index (χ4n) is 2.50. The molecule has 1 heterocycles. The molecule has 141 valence electrons. The lowest BCUT2D eigenvalue weighted by atomic mass is 10.0. The Balaban J connectivity index is 2.04. The fourth-order valence-corrected chi connectivity index (χ4v) is 2.50. The first-order valence-corrected chi connectivity index (χ1v) is 8.35. The summed E-state index contributed by atoms with van der Waals surface area (Å²) in [5, 5.41) is 21.7. The third kappa shape index (κ3) is 7.00. The molecule has 1 aliphatic heterocycles. The number of hydrogen-bond donors (Lipinski definition) is 1. The maximum absolute atomic E-state index is 12.2. The lowest BCUT2D eigenvalue weighted by molar-refractivity contribution is -0.286. The van der Waals surface area contributed by atoms with Crippen molar-refractivity contribution in [3.8, 4) is 0 Å². The Kier molecular flexibility index (Phi) is 9.11. The van der Waals surface area contributed by atoms with Crippen LogP contribution in [-0.2, 0) is 28.9 Å². The highest BCUT2D eigenvalue weighted by molar-refractivity contribution is 5.69. The minimum Gasteiger partial charge on any atom is -0.463 e. The molecule has 1 rings (SSSR count). The van der Waals surface area contributed by atoms with Crippen molar-refractivity contribution >= 4 is 5.97 Å². The first kappa shape index (κ1) is 21.3. The Morgan fingerprint density at radius 1 is 1.12 bits per heavy atom. The Labute approximate surface area is 143 Å². The van der Waals surface area contributed by atoms with Gasteiger partial charge < -0.3 is 24.1 Å². The molecule has 0 aromatic carbocycles. The largest absolute Gasteiger partial charge is 0.463 e. The maximum Gasteiger partial charge on any atom is 0.305 e. The zero-order chi connectivity index (χ0) is 18.1. The summed E-state index contributed by atoms with van der Waals surface area (Å²) in [5.74, 6) is -0.312. The van der Waals surface area contributed by atoms with E-state index in [9.17, 15) is 10.0 Å². The molecule has 1 radical (unpaired) electrons. The summed E-state index contributed by atoms with van der Waals surface area (Å²) in [5.41, 5.74) is -1.41. The van der Waals surface area contributed by atoms with Crippen LogP contribution in [0.5, 0.6) is 0 Å². The minimum atomic E-state index is -0.874. The average molecular weight is 348 g/mol. The fraction of sp³-hybridized carbons (Fsp3) is 0.938. The van der Waals surface area contributed by atoms with Gasteiger partial charge in [0, 0.05) is 6.42 Å². The molecule has 0 aliphatic carbocycles. The normalized spacial score (nSPS) is 23.5. The maximum atomic E-state index is 12.2. The Bertz CT molecular complexity index is 377. The van der Waals surface area contributed by atoms with Crippen LogP contribution in [0.1, 0.15) is 40.0 Å². The first-order chi connectivity index (χ1) is 11.3. The van der Waals surface area contributed by atoms with Crippen LogP contribution >= 0.6 is 0 Å². The van der Waals surface area contributed by atoms with Gasteiger partial charge in [0.2, 0.25) is 0 Å². The Morgan fingerprint density at radius 3 is 2.33 bits per heavy atom. The van der Waals surface area contributed by atoms with E-state index in [2.05, 4.69) is 0 Å². The lowest BCUT2D eigenvalue weighted by Gasteiger charge is -2.32. The SMILES string of the molecule is CC1(C)COC(C)(CCCC(=O)OCCOCCOCCO)N1[O]. The molecule has 1 saturated heterocycles. The van der Waals surface area contributed by atoms with Crippen molar-refractivity contribution < 1.29 is 34.1 Å². The summed E-state index contributed by atoms with van der Waals surface area (Å²) >= 11 is 0. The summed E-state index contributed by atoms with van der Waals surface area (Å²) in [4.78, 5) is 11.6. The molecule has 1 aliphatic rings. The molecule has 8 nitrogen and oxygen atoms in total. The number of hydroxylamine groups is 2.